The van der Waals surface area contributed by atoms with Crippen LogP contribution in [-0.4, -0.2) is 35.1 Å². The van der Waals surface area contributed by atoms with Crippen LogP contribution in [0.2, 0.25) is 0 Å². The largest absolute Gasteiger partial charge is 0.385 e. The Labute approximate surface area is 120 Å². The summed E-state index contributed by atoms with van der Waals surface area (Å²) in [5, 5.41) is 0. The maximum Gasteiger partial charge on any atom is 0.0544 e. The third kappa shape index (κ3) is 5.07. The molecule has 0 saturated carbocycles. The molecule has 4 nitrogen and oxygen atoms in total. The Balaban J connectivity index is 1.96. The zero-order valence-electron chi connectivity index (χ0n) is 11.9. The predicted molar refractivity (Wildman–Crippen MR) is 79.1 cm³/mol. The Morgan fingerprint density at radius 2 is 1.55 bits per heavy atom. The van der Waals surface area contributed by atoms with Crippen molar-refractivity contribution in [2.45, 2.75) is 19.5 Å². The van der Waals surface area contributed by atoms with E-state index in [4.69, 9.17) is 4.74 Å². The van der Waals surface area contributed by atoms with E-state index in [1.165, 1.54) is 0 Å². The van der Waals surface area contributed by atoms with Crippen molar-refractivity contribution >= 4 is 0 Å². The summed E-state index contributed by atoms with van der Waals surface area (Å²) < 4.78 is 5.13. The van der Waals surface area contributed by atoms with Gasteiger partial charge in [-0.1, -0.05) is 12.1 Å². The van der Waals surface area contributed by atoms with Gasteiger partial charge in [0.15, 0.2) is 0 Å². The molecule has 0 aliphatic rings. The number of hydrogen-bond acceptors (Lipinski definition) is 4. The third-order valence-corrected chi connectivity index (χ3v) is 3.05. The Morgan fingerprint density at radius 1 is 0.950 bits per heavy atom. The summed E-state index contributed by atoms with van der Waals surface area (Å²) in [4.78, 5) is 11.1. The van der Waals surface area contributed by atoms with Crippen molar-refractivity contribution in [1.82, 2.24) is 14.9 Å². The molecule has 20 heavy (non-hydrogen) atoms. The number of aromatic nitrogens is 2. The van der Waals surface area contributed by atoms with Gasteiger partial charge in [0.1, 0.15) is 0 Å². The van der Waals surface area contributed by atoms with Gasteiger partial charge in [-0.2, -0.15) is 0 Å². The number of methoxy groups -OCH3 is 1. The second-order valence-electron chi connectivity index (χ2n) is 4.70. The van der Waals surface area contributed by atoms with E-state index >= 15 is 0 Å². The lowest BCUT2D eigenvalue weighted by Crippen LogP contribution is -2.25. The minimum atomic E-state index is 0.779. The van der Waals surface area contributed by atoms with Crippen molar-refractivity contribution in [2.75, 3.05) is 20.3 Å². The summed E-state index contributed by atoms with van der Waals surface area (Å²) in [5.41, 5.74) is 2.17. The van der Waals surface area contributed by atoms with Crippen LogP contribution in [0.1, 0.15) is 17.8 Å². The summed E-state index contributed by atoms with van der Waals surface area (Å²) in [6, 6.07) is 12.0. The average Bonchev–Trinajstić information content (AvgIpc) is 2.49. The molecule has 0 N–H and O–H groups in total. The molecule has 2 heterocycles. The quantitative estimate of drug-likeness (QED) is 0.691. The maximum absolute atomic E-state index is 5.13. The summed E-state index contributed by atoms with van der Waals surface area (Å²) in [6.45, 7) is 3.42. The van der Waals surface area contributed by atoms with E-state index in [9.17, 15) is 0 Å². The van der Waals surface area contributed by atoms with Gasteiger partial charge in [-0.25, -0.2) is 0 Å². The van der Waals surface area contributed by atoms with Crippen LogP contribution < -0.4 is 0 Å². The predicted octanol–water partition coefficient (Wildman–Crippen LogP) is 2.52. The zero-order chi connectivity index (χ0) is 14.0. The molecule has 0 unspecified atom stereocenters. The van der Waals surface area contributed by atoms with Gasteiger partial charge in [-0.15, -0.1) is 0 Å². The van der Waals surface area contributed by atoms with Crippen LogP contribution in [-0.2, 0) is 17.8 Å². The number of nitrogens with zero attached hydrogens (tertiary/aromatic N) is 3. The lowest BCUT2D eigenvalue weighted by molar-refractivity contribution is 0.165. The molecule has 4 heteroatoms. The maximum atomic E-state index is 5.13. The highest BCUT2D eigenvalue weighted by Gasteiger charge is 2.08. The number of ether oxygens (including phenoxy) is 1. The Kier molecular flexibility index (Phi) is 6.14. The highest BCUT2D eigenvalue weighted by Crippen LogP contribution is 2.07. The van der Waals surface area contributed by atoms with Crippen LogP contribution in [0, 0.1) is 0 Å². The molecule has 0 aliphatic carbocycles. The molecule has 0 amide bonds. The third-order valence-electron chi connectivity index (χ3n) is 3.05. The topological polar surface area (TPSA) is 38.2 Å². The van der Waals surface area contributed by atoms with Crippen molar-refractivity contribution in [3.63, 3.8) is 0 Å². The molecule has 2 aromatic rings. The number of rotatable bonds is 8. The molecule has 0 atom stereocenters. The fourth-order valence-electron chi connectivity index (χ4n) is 2.09. The van der Waals surface area contributed by atoms with E-state index < -0.39 is 0 Å². The molecule has 0 spiro atoms. The first kappa shape index (κ1) is 14.6. The van der Waals surface area contributed by atoms with Crippen molar-refractivity contribution in [2.24, 2.45) is 0 Å². The second-order valence-corrected chi connectivity index (χ2v) is 4.70. The molecule has 2 rings (SSSR count). The highest BCUT2D eigenvalue weighted by atomic mass is 16.5. The second kappa shape index (κ2) is 8.40. The molecule has 0 saturated heterocycles. The Bertz CT molecular complexity index is 434. The first-order valence-electron chi connectivity index (χ1n) is 6.89. The van der Waals surface area contributed by atoms with Crippen LogP contribution in [0.5, 0.6) is 0 Å². The van der Waals surface area contributed by atoms with Crippen molar-refractivity contribution in [3.05, 3.63) is 60.2 Å². The summed E-state index contributed by atoms with van der Waals surface area (Å²) >= 11 is 0. The Morgan fingerprint density at radius 3 is 2.00 bits per heavy atom. The fraction of sp³-hybridized carbons (Fsp3) is 0.375. The van der Waals surface area contributed by atoms with E-state index in [-0.39, 0.29) is 0 Å². The van der Waals surface area contributed by atoms with Crippen molar-refractivity contribution < 1.29 is 4.74 Å². The van der Waals surface area contributed by atoms with E-state index in [0.29, 0.717) is 0 Å². The van der Waals surface area contributed by atoms with Gasteiger partial charge in [-0.05, 0) is 30.7 Å². The minimum Gasteiger partial charge on any atom is -0.385 e. The lowest BCUT2D eigenvalue weighted by atomic mass is 10.2. The molecule has 0 aliphatic heterocycles. The lowest BCUT2D eigenvalue weighted by Gasteiger charge is -2.21. The smallest absolute Gasteiger partial charge is 0.0544 e. The van der Waals surface area contributed by atoms with E-state index in [2.05, 4.69) is 27.0 Å². The van der Waals surface area contributed by atoms with Gasteiger partial charge in [-0.3, -0.25) is 14.9 Å². The SMILES string of the molecule is COCCCN(Cc1ccccn1)Cc1ccccn1. The van der Waals surface area contributed by atoms with Gasteiger partial charge in [0.25, 0.3) is 0 Å². The number of pyridine rings is 2. The van der Waals surface area contributed by atoms with Gasteiger partial charge in [0.05, 0.1) is 11.4 Å². The summed E-state index contributed by atoms with van der Waals surface area (Å²) in [6.07, 6.45) is 4.68. The normalized spacial score (nSPS) is 10.9. The monoisotopic (exact) mass is 271 g/mol. The van der Waals surface area contributed by atoms with Crippen LogP contribution in [0.25, 0.3) is 0 Å². The zero-order valence-corrected chi connectivity index (χ0v) is 11.9. The molecule has 0 fully saturated rings. The summed E-state index contributed by atoms with van der Waals surface area (Å²) in [5.74, 6) is 0. The van der Waals surface area contributed by atoms with Gasteiger partial charge < -0.3 is 4.74 Å². The molecule has 0 aromatic carbocycles. The number of hydrogen-bond donors (Lipinski definition) is 0. The summed E-state index contributed by atoms with van der Waals surface area (Å²) in [7, 11) is 1.74. The molecule has 0 radical (unpaired) electrons. The first-order valence-corrected chi connectivity index (χ1v) is 6.89. The minimum absolute atomic E-state index is 0.779. The van der Waals surface area contributed by atoms with Crippen molar-refractivity contribution in [3.8, 4) is 0 Å². The van der Waals surface area contributed by atoms with Crippen LogP contribution in [0.3, 0.4) is 0 Å². The average molecular weight is 271 g/mol. The van der Waals surface area contributed by atoms with Crippen LogP contribution in [0.4, 0.5) is 0 Å². The van der Waals surface area contributed by atoms with Crippen LogP contribution >= 0.6 is 0 Å². The van der Waals surface area contributed by atoms with E-state index in [0.717, 1.165) is 44.0 Å². The molecule has 2 aromatic heterocycles. The Hall–Kier alpha value is -1.78. The van der Waals surface area contributed by atoms with Gasteiger partial charge in [0.2, 0.25) is 0 Å². The van der Waals surface area contributed by atoms with E-state index in [1.54, 1.807) is 7.11 Å². The van der Waals surface area contributed by atoms with E-state index in [1.807, 2.05) is 36.7 Å². The van der Waals surface area contributed by atoms with Gasteiger partial charge in [0, 0.05) is 45.7 Å². The van der Waals surface area contributed by atoms with Gasteiger partial charge >= 0.3 is 0 Å². The molecule has 0 bridgehead atoms. The molecular formula is C16H21N3O. The first-order chi connectivity index (χ1) is 9.88. The molecule has 106 valence electrons. The highest BCUT2D eigenvalue weighted by molar-refractivity contribution is 5.06. The van der Waals surface area contributed by atoms with Crippen LogP contribution in [0.15, 0.2) is 48.8 Å². The standard InChI is InChI=1S/C16H21N3O/c1-20-12-6-11-19(13-15-7-2-4-9-17-15)14-16-8-3-5-10-18-16/h2-5,7-10H,6,11-14H2,1H3. The van der Waals surface area contributed by atoms with Crippen molar-refractivity contribution in [1.29, 1.82) is 0 Å². The fourth-order valence-corrected chi connectivity index (χ4v) is 2.09. The molecular weight excluding hydrogens is 250 g/mol.